The van der Waals surface area contributed by atoms with Crippen molar-refractivity contribution in [2.75, 3.05) is 18.5 Å². The van der Waals surface area contributed by atoms with Crippen LogP contribution in [0.1, 0.15) is 26.7 Å². The van der Waals surface area contributed by atoms with Crippen LogP contribution in [-0.4, -0.2) is 19.1 Å². The molecule has 0 aromatic heterocycles. The van der Waals surface area contributed by atoms with E-state index in [4.69, 9.17) is 22.1 Å². The molecule has 0 aliphatic rings. The number of ether oxygens (including phenoxy) is 1. The first-order valence-corrected chi connectivity index (χ1v) is 6.86. The average molecular weight is 285 g/mol. The van der Waals surface area contributed by atoms with Crippen molar-refractivity contribution in [3.05, 3.63) is 23.2 Å². The second-order valence-corrected chi connectivity index (χ2v) is 4.99. The van der Waals surface area contributed by atoms with Crippen molar-refractivity contribution in [3.63, 3.8) is 0 Å². The zero-order valence-electron chi connectivity index (χ0n) is 11.4. The number of anilines is 1. The van der Waals surface area contributed by atoms with Crippen molar-refractivity contribution >= 4 is 23.2 Å². The van der Waals surface area contributed by atoms with E-state index >= 15 is 0 Å². The summed E-state index contributed by atoms with van der Waals surface area (Å²) in [4.78, 5) is 11.7. The molecule has 0 saturated carbocycles. The third-order valence-electron chi connectivity index (χ3n) is 2.61. The Hall–Kier alpha value is -1.26. The largest absolute Gasteiger partial charge is 0.492 e. The van der Waals surface area contributed by atoms with E-state index in [2.05, 4.69) is 5.32 Å². The molecule has 3 N–H and O–H groups in total. The SMILES string of the molecule is CCCOc1ccc(NC(=O)CC(C)CN)cc1Cl. The van der Waals surface area contributed by atoms with Crippen molar-refractivity contribution in [2.45, 2.75) is 26.7 Å². The second-order valence-electron chi connectivity index (χ2n) is 4.59. The highest BCUT2D eigenvalue weighted by molar-refractivity contribution is 6.32. The lowest BCUT2D eigenvalue weighted by molar-refractivity contribution is -0.116. The molecule has 0 fully saturated rings. The van der Waals surface area contributed by atoms with Crippen LogP contribution in [0.15, 0.2) is 18.2 Å². The number of nitrogens with two attached hydrogens (primary N) is 1. The Morgan fingerprint density at radius 1 is 1.53 bits per heavy atom. The van der Waals surface area contributed by atoms with Crippen molar-refractivity contribution in [1.29, 1.82) is 0 Å². The standard InChI is InChI=1S/C14H21ClN2O2/c1-3-6-19-13-5-4-11(8-12(13)15)17-14(18)7-10(2)9-16/h4-5,8,10H,3,6-7,9,16H2,1-2H3,(H,17,18). The topological polar surface area (TPSA) is 64.3 Å². The van der Waals surface area contributed by atoms with Gasteiger partial charge in [-0.1, -0.05) is 25.4 Å². The highest BCUT2D eigenvalue weighted by atomic mass is 35.5. The van der Waals surface area contributed by atoms with Crippen LogP contribution in [0.4, 0.5) is 5.69 Å². The number of carbonyl (C=O) groups is 1. The smallest absolute Gasteiger partial charge is 0.224 e. The van der Waals surface area contributed by atoms with Gasteiger partial charge in [-0.3, -0.25) is 4.79 Å². The van der Waals surface area contributed by atoms with E-state index in [-0.39, 0.29) is 11.8 Å². The van der Waals surface area contributed by atoms with Crippen molar-refractivity contribution in [1.82, 2.24) is 0 Å². The molecule has 1 aromatic carbocycles. The predicted molar refractivity (Wildman–Crippen MR) is 78.7 cm³/mol. The molecule has 0 heterocycles. The minimum atomic E-state index is -0.0590. The van der Waals surface area contributed by atoms with Gasteiger partial charge in [0.15, 0.2) is 0 Å². The molecule has 1 unspecified atom stereocenters. The van der Waals surface area contributed by atoms with Gasteiger partial charge in [0.25, 0.3) is 0 Å². The number of carbonyl (C=O) groups excluding carboxylic acids is 1. The fraction of sp³-hybridized carbons (Fsp3) is 0.500. The summed E-state index contributed by atoms with van der Waals surface area (Å²) in [5.74, 6) is 0.746. The minimum absolute atomic E-state index is 0.0590. The first-order chi connectivity index (χ1) is 9.06. The number of amides is 1. The Bertz CT molecular complexity index is 424. The van der Waals surface area contributed by atoms with E-state index in [0.29, 0.717) is 36.0 Å². The quantitative estimate of drug-likeness (QED) is 0.809. The molecule has 5 heteroatoms. The van der Waals surface area contributed by atoms with Crippen LogP contribution in [0, 0.1) is 5.92 Å². The Morgan fingerprint density at radius 3 is 2.84 bits per heavy atom. The van der Waals surface area contributed by atoms with E-state index in [1.807, 2.05) is 13.8 Å². The van der Waals surface area contributed by atoms with Gasteiger partial charge >= 0.3 is 0 Å². The molecule has 19 heavy (non-hydrogen) atoms. The molecule has 0 spiro atoms. The lowest BCUT2D eigenvalue weighted by atomic mass is 10.1. The average Bonchev–Trinajstić information content (AvgIpc) is 2.37. The molecule has 0 radical (unpaired) electrons. The minimum Gasteiger partial charge on any atom is -0.492 e. The van der Waals surface area contributed by atoms with Gasteiger partial charge in [-0.25, -0.2) is 0 Å². The van der Waals surface area contributed by atoms with E-state index in [1.165, 1.54) is 0 Å². The van der Waals surface area contributed by atoms with Gasteiger partial charge in [0.2, 0.25) is 5.91 Å². The lowest BCUT2D eigenvalue weighted by Crippen LogP contribution is -2.20. The summed E-state index contributed by atoms with van der Waals surface area (Å²) in [6.07, 6.45) is 1.33. The summed E-state index contributed by atoms with van der Waals surface area (Å²) in [5.41, 5.74) is 6.16. The summed E-state index contributed by atoms with van der Waals surface area (Å²) >= 11 is 6.09. The Labute approximate surface area is 119 Å². The van der Waals surface area contributed by atoms with Gasteiger partial charge in [0.1, 0.15) is 5.75 Å². The van der Waals surface area contributed by atoms with Gasteiger partial charge in [0.05, 0.1) is 11.6 Å². The molecule has 4 nitrogen and oxygen atoms in total. The monoisotopic (exact) mass is 284 g/mol. The van der Waals surface area contributed by atoms with Crippen LogP contribution in [0.5, 0.6) is 5.75 Å². The fourth-order valence-corrected chi connectivity index (χ4v) is 1.75. The highest BCUT2D eigenvalue weighted by Crippen LogP contribution is 2.27. The summed E-state index contributed by atoms with van der Waals surface area (Å²) in [5, 5.41) is 3.30. The van der Waals surface area contributed by atoms with Crippen molar-refractivity contribution < 1.29 is 9.53 Å². The van der Waals surface area contributed by atoms with Crippen LogP contribution in [0.3, 0.4) is 0 Å². The van der Waals surface area contributed by atoms with Gasteiger partial charge in [-0.2, -0.15) is 0 Å². The molecule has 0 aliphatic carbocycles. The fourth-order valence-electron chi connectivity index (χ4n) is 1.52. The maximum atomic E-state index is 11.7. The second kappa shape index (κ2) is 8.02. The molecule has 0 bridgehead atoms. The van der Waals surface area contributed by atoms with E-state index in [9.17, 15) is 4.79 Å². The number of halogens is 1. The number of hydrogen-bond acceptors (Lipinski definition) is 3. The highest BCUT2D eigenvalue weighted by Gasteiger charge is 2.09. The lowest BCUT2D eigenvalue weighted by Gasteiger charge is -2.11. The van der Waals surface area contributed by atoms with Gasteiger partial charge in [-0.15, -0.1) is 0 Å². The summed E-state index contributed by atoms with van der Waals surface area (Å²) in [6, 6.07) is 5.24. The molecule has 0 aliphatic heterocycles. The van der Waals surface area contributed by atoms with Crippen LogP contribution < -0.4 is 15.8 Å². The van der Waals surface area contributed by atoms with E-state index in [1.54, 1.807) is 18.2 Å². The number of benzene rings is 1. The predicted octanol–water partition coefficient (Wildman–Crippen LogP) is 3.05. The Balaban J connectivity index is 2.60. The van der Waals surface area contributed by atoms with Gasteiger partial charge in [-0.05, 0) is 37.1 Å². The van der Waals surface area contributed by atoms with E-state index in [0.717, 1.165) is 6.42 Å². The maximum Gasteiger partial charge on any atom is 0.224 e. The molecular weight excluding hydrogens is 264 g/mol. The first kappa shape index (κ1) is 15.8. The van der Waals surface area contributed by atoms with Crippen LogP contribution in [0.25, 0.3) is 0 Å². The number of rotatable bonds is 7. The zero-order chi connectivity index (χ0) is 14.3. The molecule has 1 amide bonds. The third kappa shape index (κ3) is 5.49. The molecule has 1 rings (SSSR count). The van der Waals surface area contributed by atoms with Crippen LogP contribution >= 0.6 is 11.6 Å². The molecule has 0 saturated heterocycles. The van der Waals surface area contributed by atoms with Gasteiger partial charge in [0, 0.05) is 12.1 Å². The zero-order valence-corrected chi connectivity index (χ0v) is 12.2. The number of nitrogens with one attached hydrogen (secondary N) is 1. The molecular formula is C14H21ClN2O2. The summed E-state index contributed by atoms with van der Waals surface area (Å²) in [6.45, 7) is 5.09. The molecule has 1 aromatic rings. The number of hydrogen-bond donors (Lipinski definition) is 2. The normalized spacial score (nSPS) is 12.0. The third-order valence-corrected chi connectivity index (χ3v) is 2.91. The van der Waals surface area contributed by atoms with Crippen molar-refractivity contribution in [3.8, 4) is 5.75 Å². The van der Waals surface area contributed by atoms with Gasteiger partial charge < -0.3 is 15.8 Å². The Morgan fingerprint density at radius 2 is 2.26 bits per heavy atom. The maximum absolute atomic E-state index is 11.7. The van der Waals surface area contributed by atoms with Crippen LogP contribution in [0.2, 0.25) is 5.02 Å². The molecule has 106 valence electrons. The molecule has 1 atom stereocenters. The summed E-state index contributed by atoms with van der Waals surface area (Å²) < 4.78 is 5.47. The van der Waals surface area contributed by atoms with Crippen LogP contribution in [-0.2, 0) is 4.79 Å². The van der Waals surface area contributed by atoms with Crippen molar-refractivity contribution in [2.24, 2.45) is 11.7 Å². The Kier molecular flexibility index (Phi) is 6.67. The summed E-state index contributed by atoms with van der Waals surface area (Å²) in [7, 11) is 0. The van der Waals surface area contributed by atoms with E-state index < -0.39 is 0 Å². The first-order valence-electron chi connectivity index (χ1n) is 6.49.